The van der Waals surface area contributed by atoms with E-state index in [1.165, 1.54) is 12.4 Å². The smallest absolute Gasteiger partial charge is 0.273 e. The Morgan fingerprint density at radius 3 is 2.71 bits per heavy atom. The van der Waals surface area contributed by atoms with Gasteiger partial charge in [-0.2, -0.15) is 0 Å². The second-order valence-electron chi connectivity index (χ2n) is 5.08. The first-order valence-corrected chi connectivity index (χ1v) is 8.05. The first-order chi connectivity index (χ1) is 11.6. The van der Waals surface area contributed by atoms with E-state index < -0.39 is 5.91 Å². The van der Waals surface area contributed by atoms with Gasteiger partial charge in [-0.15, -0.1) is 0 Å². The van der Waals surface area contributed by atoms with Crippen molar-refractivity contribution in [2.75, 3.05) is 12.1 Å². The lowest BCUT2D eigenvalue weighted by molar-refractivity contribution is 0.0924. The van der Waals surface area contributed by atoms with Crippen LogP contribution in [0.1, 0.15) is 23.7 Å². The Hall–Kier alpha value is -2.18. The first kappa shape index (κ1) is 16.7. The number of amides is 1. The Labute approximate surface area is 149 Å². The fourth-order valence-corrected chi connectivity index (χ4v) is 3.04. The zero-order chi connectivity index (χ0) is 17.3. The molecule has 0 bridgehead atoms. The fraction of sp³-hybridized carbons (Fsp3) is 0.250. The largest absolute Gasteiger partial charge is 0.493 e. The van der Waals surface area contributed by atoms with E-state index >= 15 is 0 Å². The van der Waals surface area contributed by atoms with Crippen molar-refractivity contribution in [1.82, 2.24) is 10.4 Å². The van der Waals surface area contributed by atoms with Gasteiger partial charge in [-0.05, 0) is 12.1 Å². The van der Waals surface area contributed by atoms with Gasteiger partial charge in [0.25, 0.3) is 5.91 Å². The zero-order valence-corrected chi connectivity index (χ0v) is 14.6. The van der Waals surface area contributed by atoms with Crippen molar-refractivity contribution in [1.29, 1.82) is 0 Å². The highest BCUT2D eigenvalue weighted by Crippen LogP contribution is 2.43. The van der Waals surface area contributed by atoms with Gasteiger partial charge in [-0.25, -0.2) is 5.01 Å². The van der Waals surface area contributed by atoms with Crippen LogP contribution < -0.4 is 19.9 Å². The van der Waals surface area contributed by atoms with Crippen LogP contribution in [0.4, 0.5) is 5.69 Å². The van der Waals surface area contributed by atoms with Crippen LogP contribution in [0.3, 0.4) is 0 Å². The molecule has 0 saturated carbocycles. The predicted octanol–water partition coefficient (Wildman–Crippen LogP) is 3.68. The van der Waals surface area contributed by atoms with Crippen LogP contribution in [0.25, 0.3) is 0 Å². The number of nitrogens with one attached hydrogen (secondary N) is 1. The minimum atomic E-state index is -0.440. The van der Waals surface area contributed by atoms with Crippen molar-refractivity contribution in [3.63, 3.8) is 0 Å². The normalized spacial score (nSPS) is 15.7. The van der Waals surface area contributed by atoms with Gasteiger partial charge in [0.15, 0.2) is 17.7 Å². The zero-order valence-electron chi connectivity index (χ0n) is 13.0. The molecule has 24 heavy (non-hydrogen) atoms. The molecule has 1 N–H and O–H groups in total. The highest BCUT2D eigenvalue weighted by Gasteiger charge is 2.34. The average Bonchev–Trinajstić information content (AvgIpc) is 2.92. The number of para-hydroxylation sites is 1. The van der Waals surface area contributed by atoms with Crippen LogP contribution in [0.5, 0.6) is 11.5 Å². The molecule has 6 nitrogen and oxygen atoms in total. The molecule has 1 amide bonds. The lowest BCUT2D eigenvalue weighted by Gasteiger charge is -2.25. The number of rotatable bonds is 4. The molecule has 126 valence electrons. The Morgan fingerprint density at radius 2 is 2.08 bits per heavy atom. The summed E-state index contributed by atoms with van der Waals surface area (Å²) >= 11 is 12.1. The minimum absolute atomic E-state index is 0.166. The second-order valence-corrected chi connectivity index (χ2v) is 5.89. The van der Waals surface area contributed by atoms with Gasteiger partial charge in [0, 0.05) is 18.8 Å². The summed E-state index contributed by atoms with van der Waals surface area (Å²) in [5, 5.41) is 2.01. The Bertz CT molecular complexity index is 765. The molecule has 1 unspecified atom stereocenters. The van der Waals surface area contributed by atoms with Crippen molar-refractivity contribution in [2.24, 2.45) is 0 Å². The summed E-state index contributed by atoms with van der Waals surface area (Å²) < 4.78 is 11.2. The Balaban J connectivity index is 1.94. The second kappa shape index (κ2) is 6.75. The molecular formula is C16H15Cl2N3O3. The minimum Gasteiger partial charge on any atom is -0.493 e. The molecule has 2 heterocycles. The molecule has 1 aromatic carbocycles. The molecule has 8 heteroatoms. The maximum atomic E-state index is 12.6. The van der Waals surface area contributed by atoms with E-state index in [9.17, 15) is 4.79 Å². The topological polar surface area (TPSA) is 63.7 Å². The SMILES string of the molecule is CCC1Oc2c(OC)cccc2N1NC(=O)c1c(Cl)cncc1Cl. The van der Waals surface area contributed by atoms with E-state index in [2.05, 4.69) is 10.4 Å². The number of methoxy groups -OCH3 is 1. The summed E-state index contributed by atoms with van der Waals surface area (Å²) in [4.78, 5) is 16.5. The number of anilines is 1. The molecule has 0 spiro atoms. The van der Waals surface area contributed by atoms with Crippen molar-refractivity contribution in [2.45, 2.75) is 19.6 Å². The quantitative estimate of drug-likeness (QED) is 0.892. The number of hydrogen-bond acceptors (Lipinski definition) is 5. The number of aromatic nitrogens is 1. The number of halogens is 2. The number of carbonyl (C=O) groups excluding carboxylic acids is 1. The van der Waals surface area contributed by atoms with Gasteiger partial charge in [0.1, 0.15) is 5.69 Å². The van der Waals surface area contributed by atoms with Gasteiger partial charge in [0.05, 0.1) is 22.7 Å². The van der Waals surface area contributed by atoms with E-state index in [0.717, 1.165) is 0 Å². The average molecular weight is 368 g/mol. The number of hydrogen-bond donors (Lipinski definition) is 1. The summed E-state index contributed by atoms with van der Waals surface area (Å²) in [6.07, 6.45) is 3.03. The molecule has 0 saturated heterocycles. The van der Waals surface area contributed by atoms with Crippen LogP contribution in [0, 0.1) is 0 Å². The molecule has 2 aromatic rings. The molecule has 1 aliphatic rings. The maximum absolute atomic E-state index is 12.6. The van der Waals surface area contributed by atoms with Gasteiger partial charge in [-0.3, -0.25) is 15.2 Å². The molecule has 3 rings (SSSR count). The molecule has 0 fully saturated rings. The lowest BCUT2D eigenvalue weighted by Crippen LogP contribution is -2.48. The van der Waals surface area contributed by atoms with Gasteiger partial charge in [-0.1, -0.05) is 36.2 Å². The molecule has 1 atom stereocenters. The fourth-order valence-electron chi connectivity index (χ4n) is 2.51. The predicted molar refractivity (Wildman–Crippen MR) is 91.9 cm³/mol. The van der Waals surface area contributed by atoms with E-state index in [0.29, 0.717) is 23.6 Å². The van der Waals surface area contributed by atoms with Gasteiger partial charge < -0.3 is 9.47 Å². The summed E-state index contributed by atoms with van der Waals surface area (Å²) in [5.74, 6) is 0.742. The lowest BCUT2D eigenvalue weighted by atomic mass is 10.2. The van der Waals surface area contributed by atoms with Crippen molar-refractivity contribution in [3.05, 3.63) is 46.2 Å². The molecule has 1 aliphatic heterocycles. The summed E-state index contributed by atoms with van der Waals surface area (Å²) in [6, 6.07) is 5.46. The van der Waals surface area contributed by atoms with Crippen molar-refractivity contribution in [3.8, 4) is 11.5 Å². The van der Waals surface area contributed by atoms with E-state index in [4.69, 9.17) is 32.7 Å². The maximum Gasteiger partial charge on any atom is 0.273 e. The third-order valence-corrected chi connectivity index (χ3v) is 4.20. The number of benzene rings is 1. The highest BCUT2D eigenvalue weighted by molar-refractivity contribution is 6.39. The third kappa shape index (κ3) is 2.83. The summed E-state index contributed by atoms with van der Waals surface area (Å²) in [7, 11) is 1.57. The van der Waals surface area contributed by atoms with Crippen LogP contribution in [-0.2, 0) is 0 Å². The summed E-state index contributed by atoms with van der Waals surface area (Å²) in [5.41, 5.74) is 3.67. The third-order valence-electron chi connectivity index (χ3n) is 3.63. The Kier molecular flexibility index (Phi) is 4.69. The number of hydrazine groups is 1. The first-order valence-electron chi connectivity index (χ1n) is 7.29. The highest BCUT2D eigenvalue weighted by atomic mass is 35.5. The molecule has 1 aromatic heterocycles. The summed E-state index contributed by atoms with van der Waals surface area (Å²) in [6.45, 7) is 1.95. The van der Waals surface area contributed by atoms with Crippen molar-refractivity contribution >= 4 is 34.8 Å². The molecule has 0 radical (unpaired) electrons. The monoisotopic (exact) mass is 367 g/mol. The number of ether oxygens (including phenoxy) is 2. The molecule has 0 aliphatic carbocycles. The number of carbonyl (C=O) groups is 1. The number of fused-ring (bicyclic) bond motifs is 1. The Morgan fingerprint density at radius 1 is 1.38 bits per heavy atom. The van der Waals surface area contributed by atoms with Crippen LogP contribution in [0.2, 0.25) is 10.0 Å². The standard InChI is InChI=1S/C16H15Cl2N3O3/c1-3-13-21(11-5-4-6-12(23-2)15(11)24-13)20-16(22)14-9(17)7-19-8-10(14)18/h4-8,13H,3H2,1-2H3,(H,20,22). The van der Waals surface area contributed by atoms with Crippen LogP contribution in [-0.4, -0.2) is 24.2 Å². The van der Waals surface area contributed by atoms with Crippen LogP contribution >= 0.6 is 23.2 Å². The van der Waals surface area contributed by atoms with E-state index in [-0.39, 0.29) is 21.8 Å². The van der Waals surface area contributed by atoms with Crippen LogP contribution in [0.15, 0.2) is 30.6 Å². The molecular weight excluding hydrogens is 353 g/mol. The van der Waals surface area contributed by atoms with E-state index in [1.807, 2.05) is 19.1 Å². The van der Waals surface area contributed by atoms with Gasteiger partial charge in [0.2, 0.25) is 0 Å². The van der Waals surface area contributed by atoms with Gasteiger partial charge >= 0.3 is 0 Å². The number of pyridine rings is 1. The van der Waals surface area contributed by atoms with E-state index in [1.54, 1.807) is 18.2 Å². The number of nitrogens with zero attached hydrogens (tertiary/aromatic N) is 2. The van der Waals surface area contributed by atoms with Crippen molar-refractivity contribution < 1.29 is 14.3 Å².